The number of ether oxygens (including phenoxy) is 2. The second-order valence-corrected chi connectivity index (χ2v) is 7.88. The van der Waals surface area contributed by atoms with E-state index in [1.54, 1.807) is 18.5 Å². The normalized spacial score (nSPS) is 14.2. The van der Waals surface area contributed by atoms with E-state index in [1.807, 2.05) is 32.0 Å². The minimum Gasteiger partial charge on any atom is -0.486 e. The third kappa shape index (κ3) is 4.62. The molecule has 1 unspecified atom stereocenters. The highest BCUT2D eigenvalue weighted by atomic mass is 35.5. The van der Waals surface area contributed by atoms with Gasteiger partial charge in [-0.3, -0.25) is 9.78 Å². The lowest BCUT2D eigenvalue weighted by Crippen LogP contribution is -2.35. The van der Waals surface area contributed by atoms with Gasteiger partial charge in [-0.1, -0.05) is 31.5 Å². The summed E-state index contributed by atoms with van der Waals surface area (Å²) in [7, 11) is 0. The molecule has 0 fully saturated rings. The predicted molar refractivity (Wildman–Crippen MR) is 103 cm³/mol. The summed E-state index contributed by atoms with van der Waals surface area (Å²) in [5.74, 6) is 1.42. The Kier molecular flexibility index (Phi) is 6.27. The van der Waals surface area contributed by atoms with E-state index in [0.717, 1.165) is 10.5 Å². The molecule has 26 heavy (non-hydrogen) atoms. The van der Waals surface area contributed by atoms with Gasteiger partial charge in [0.25, 0.3) is 0 Å². The molecule has 1 aliphatic heterocycles. The van der Waals surface area contributed by atoms with Crippen molar-refractivity contribution in [2.24, 2.45) is 5.92 Å². The second-order valence-electron chi connectivity index (χ2n) is 6.29. The first kappa shape index (κ1) is 18.9. The summed E-state index contributed by atoms with van der Waals surface area (Å²) in [6.45, 7) is 5.52. The van der Waals surface area contributed by atoms with Crippen molar-refractivity contribution in [1.29, 1.82) is 0 Å². The minimum absolute atomic E-state index is 0.0280. The van der Waals surface area contributed by atoms with Crippen molar-refractivity contribution in [3.8, 4) is 11.5 Å². The molecule has 0 saturated heterocycles. The minimum atomic E-state index is -0.272. The number of halogens is 1. The van der Waals surface area contributed by atoms with Crippen LogP contribution >= 0.6 is 23.4 Å². The standard InChI is InChI=1S/C19H21ClN2O3S/c1-12(2)18(19(23)22-11-13-4-3-5-21-10-13)26-17-9-16-15(8-14(17)20)24-6-7-25-16/h3-5,8-10,12,18H,6-7,11H2,1-2H3,(H,22,23). The molecule has 0 bridgehead atoms. The molecule has 0 aliphatic carbocycles. The number of nitrogens with one attached hydrogen (secondary N) is 1. The largest absolute Gasteiger partial charge is 0.486 e. The maximum atomic E-state index is 12.7. The van der Waals surface area contributed by atoms with Gasteiger partial charge >= 0.3 is 0 Å². The fourth-order valence-corrected chi connectivity index (χ4v) is 3.93. The molecule has 0 spiro atoms. The van der Waals surface area contributed by atoms with Gasteiger partial charge < -0.3 is 14.8 Å². The number of aromatic nitrogens is 1. The lowest BCUT2D eigenvalue weighted by atomic mass is 10.1. The van der Waals surface area contributed by atoms with Crippen LogP contribution in [0.2, 0.25) is 5.02 Å². The highest BCUT2D eigenvalue weighted by Crippen LogP contribution is 2.41. The molecule has 1 amide bonds. The average molecular weight is 393 g/mol. The van der Waals surface area contributed by atoms with Crippen LogP contribution in [0.15, 0.2) is 41.6 Å². The lowest BCUT2D eigenvalue weighted by Gasteiger charge is -2.23. The Morgan fingerprint density at radius 3 is 2.69 bits per heavy atom. The molecule has 0 radical (unpaired) electrons. The van der Waals surface area contributed by atoms with Crippen LogP contribution in [0.4, 0.5) is 0 Å². The van der Waals surface area contributed by atoms with Crippen molar-refractivity contribution in [1.82, 2.24) is 10.3 Å². The Bertz CT molecular complexity index is 771. The van der Waals surface area contributed by atoms with E-state index < -0.39 is 0 Å². The first-order valence-corrected chi connectivity index (χ1v) is 9.73. The van der Waals surface area contributed by atoms with Crippen LogP contribution in [0, 0.1) is 5.92 Å². The van der Waals surface area contributed by atoms with Crippen molar-refractivity contribution in [2.75, 3.05) is 13.2 Å². The summed E-state index contributed by atoms with van der Waals surface area (Å²) < 4.78 is 11.2. The van der Waals surface area contributed by atoms with E-state index in [4.69, 9.17) is 21.1 Å². The number of nitrogens with zero attached hydrogens (tertiary/aromatic N) is 1. The highest BCUT2D eigenvalue weighted by Gasteiger charge is 2.26. The Labute approximate surface area is 162 Å². The first-order valence-electron chi connectivity index (χ1n) is 8.47. The highest BCUT2D eigenvalue weighted by molar-refractivity contribution is 8.00. The van der Waals surface area contributed by atoms with E-state index in [9.17, 15) is 4.79 Å². The van der Waals surface area contributed by atoms with Gasteiger partial charge in [-0.15, -0.1) is 11.8 Å². The molecule has 0 saturated carbocycles. The zero-order chi connectivity index (χ0) is 18.5. The molecule has 138 valence electrons. The third-order valence-corrected chi connectivity index (χ3v) is 5.93. The van der Waals surface area contributed by atoms with Crippen LogP contribution in [0.5, 0.6) is 11.5 Å². The molecular weight excluding hydrogens is 372 g/mol. The fraction of sp³-hybridized carbons (Fsp3) is 0.368. The van der Waals surface area contributed by atoms with Gasteiger partial charge in [-0.2, -0.15) is 0 Å². The van der Waals surface area contributed by atoms with Crippen molar-refractivity contribution in [3.63, 3.8) is 0 Å². The smallest absolute Gasteiger partial charge is 0.234 e. The van der Waals surface area contributed by atoms with E-state index >= 15 is 0 Å². The number of hydrogen-bond donors (Lipinski definition) is 1. The number of amides is 1. The monoisotopic (exact) mass is 392 g/mol. The van der Waals surface area contributed by atoms with Gasteiger partial charge in [-0.25, -0.2) is 0 Å². The summed E-state index contributed by atoms with van der Waals surface area (Å²) >= 11 is 7.84. The quantitative estimate of drug-likeness (QED) is 0.754. The van der Waals surface area contributed by atoms with Gasteiger partial charge in [-0.05, 0) is 23.6 Å². The van der Waals surface area contributed by atoms with Crippen LogP contribution in [-0.2, 0) is 11.3 Å². The number of benzene rings is 1. The zero-order valence-corrected chi connectivity index (χ0v) is 16.3. The van der Waals surface area contributed by atoms with Crippen LogP contribution in [-0.4, -0.2) is 29.4 Å². The van der Waals surface area contributed by atoms with Crippen LogP contribution in [0.3, 0.4) is 0 Å². The molecule has 1 aromatic heterocycles. The van der Waals surface area contributed by atoms with Crippen molar-refractivity contribution >= 4 is 29.3 Å². The topological polar surface area (TPSA) is 60.5 Å². The number of rotatable bonds is 6. The zero-order valence-electron chi connectivity index (χ0n) is 14.7. The summed E-state index contributed by atoms with van der Waals surface area (Å²) in [4.78, 5) is 17.6. The van der Waals surface area contributed by atoms with Gasteiger partial charge in [0.05, 0.1) is 10.3 Å². The van der Waals surface area contributed by atoms with Crippen molar-refractivity contribution < 1.29 is 14.3 Å². The summed E-state index contributed by atoms with van der Waals surface area (Å²) in [6.07, 6.45) is 3.46. The Morgan fingerprint density at radius 2 is 2.04 bits per heavy atom. The van der Waals surface area contributed by atoms with E-state index in [-0.39, 0.29) is 17.1 Å². The summed E-state index contributed by atoms with van der Waals surface area (Å²) in [5.41, 5.74) is 0.964. The number of hydrogen-bond acceptors (Lipinski definition) is 5. The van der Waals surface area contributed by atoms with Crippen LogP contribution < -0.4 is 14.8 Å². The Hall–Kier alpha value is -1.92. The molecule has 1 aliphatic rings. The SMILES string of the molecule is CC(C)C(Sc1cc2c(cc1Cl)OCCO2)C(=O)NCc1cccnc1. The lowest BCUT2D eigenvalue weighted by molar-refractivity contribution is -0.121. The number of fused-ring (bicyclic) bond motifs is 1. The van der Waals surface area contributed by atoms with Gasteiger partial charge in [0.1, 0.15) is 13.2 Å². The van der Waals surface area contributed by atoms with Gasteiger partial charge in [0.15, 0.2) is 11.5 Å². The molecular formula is C19H21ClN2O3S. The molecule has 1 aromatic carbocycles. The first-order chi connectivity index (χ1) is 12.5. The van der Waals surface area contributed by atoms with Gasteiger partial charge in [0, 0.05) is 29.9 Å². The maximum Gasteiger partial charge on any atom is 0.234 e. The van der Waals surface area contributed by atoms with E-state index in [2.05, 4.69) is 10.3 Å². The number of pyridine rings is 1. The molecule has 7 heteroatoms. The third-order valence-electron chi connectivity index (χ3n) is 3.90. The molecule has 3 rings (SSSR count). The molecule has 5 nitrogen and oxygen atoms in total. The average Bonchev–Trinajstić information content (AvgIpc) is 2.65. The maximum absolute atomic E-state index is 12.7. The van der Waals surface area contributed by atoms with Crippen molar-refractivity contribution in [2.45, 2.75) is 30.5 Å². The molecule has 2 aromatic rings. The Balaban J connectivity index is 1.71. The second kappa shape index (κ2) is 8.64. The number of thioether (sulfide) groups is 1. The predicted octanol–water partition coefficient (Wildman–Crippen LogP) is 3.94. The number of carbonyl (C=O) groups is 1. The summed E-state index contributed by atoms with van der Waals surface area (Å²) in [5, 5.41) is 3.27. The van der Waals surface area contributed by atoms with Crippen LogP contribution in [0.1, 0.15) is 19.4 Å². The fourth-order valence-electron chi connectivity index (χ4n) is 2.56. The van der Waals surface area contributed by atoms with Gasteiger partial charge in [0.2, 0.25) is 5.91 Å². The van der Waals surface area contributed by atoms with Crippen molar-refractivity contribution in [3.05, 3.63) is 47.2 Å². The molecule has 1 atom stereocenters. The van der Waals surface area contributed by atoms with E-state index in [0.29, 0.717) is 36.3 Å². The van der Waals surface area contributed by atoms with E-state index in [1.165, 1.54) is 11.8 Å². The van der Waals surface area contributed by atoms with Crippen LogP contribution in [0.25, 0.3) is 0 Å². The molecule has 1 N–H and O–H groups in total. The summed E-state index contributed by atoms with van der Waals surface area (Å²) in [6, 6.07) is 7.39. The number of carbonyl (C=O) groups excluding carboxylic acids is 1. The molecule has 2 heterocycles. The Morgan fingerprint density at radius 1 is 1.31 bits per heavy atom.